The highest BCUT2D eigenvalue weighted by molar-refractivity contribution is 5.65. The van der Waals surface area contributed by atoms with E-state index < -0.39 is 95.0 Å². The number of halogens is 10. The molecule has 0 atom stereocenters. The number of rotatable bonds is 11. The van der Waals surface area contributed by atoms with Gasteiger partial charge in [0.25, 0.3) is 0 Å². The second-order valence-electron chi connectivity index (χ2n) is 11.4. The fourth-order valence-corrected chi connectivity index (χ4v) is 5.23. The Morgan fingerprint density at radius 2 is 1.37 bits per heavy atom. The molecule has 1 fully saturated rings. The number of hydrogen-bond donors (Lipinski definition) is 0. The van der Waals surface area contributed by atoms with Gasteiger partial charge < -0.3 is 14.2 Å². The zero-order chi connectivity index (χ0) is 35.5. The van der Waals surface area contributed by atoms with Crippen molar-refractivity contribution in [3.8, 4) is 16.9 Å². The lowest BCUT2D eigenvalue weighted by Crippen LogP contribution is -2.28. The molecule has 3 nitrogen and oxygen atoms in total. The minimum Gasteiger partial charge on any atom is -0.429 e. The van der Waals surface area contributed by atoms with Gasteiger partial charge >= 0.3 is 6.11 Å². The van der Waals surface area contributed by atoms with Crippen LogP contribution >= 0.6 is 0 Å². The van der Waals surface area contributed by atoms with E-state index in [1.165, 1.54) is 18.2 Å². The van der Waals surface area contributed by atoms with Crippen LogP contribution in [-0.4, -0.2) is 13.2 Å². The first-order valence-corrected chi connectivity index (χ1v) is 15.2. The van der Waals surface area contributed by atoms with Gasteiger partial charge in [0.1, 0.15) is 29.0 Å². The molecule has 0 unspecified atom stereocenters. The second-order valence-corrected chi connectivity index (χ2v) is 11.4. The first kappa shape index (κ1) is 35.9. The Hall–Kier alpha value is -4.36. The monoisotopic (exact) mass is 698 g/mol. The SMILES string of the molecule is CCCCCc1ccc(C(F)(F)Oc2cc(F)c(/C(F)=C(\F)C3COC(c4ccc(-c5cc(F)c(F)c(F)c5)c(F)c4)OC3)c(F)c2)cc1. The van der Waals surface area contributed by atoms with Crippen LogP contribution in [0.4, 0.5) is 43.9 Å². The van der Waals surface area contributed by atoms with Gasteiger partial charge in [0.2, 0.25) is 0 Å². The molecule has 0 spiro atoms. The highest BCUT2D eigenvalue weighted by Gasteiger charge is 2.36. The predicted octanol–water partition coefficient (Wildman–Crippen LogP) is 11.0. The van der Waals surface area contributed by atoms with Crippen LogP contribution in [0.2, 0.25) is 0 Å². The minimum absolute atomic E-state index is 0.0417. The first-order valence-electron chi connectivity index (χ1n) is 15.2. The van der Waals surface area contributed by atoms with Crippen molar-refractivity contribution in [2.75, 3.05) is 13.2 Å². The molecule has 0 radical (unpaired) electrons. The van der Waals surface area contributed by atoms with Gasteiger partial charge in [0.15, 0.2) is 29.6 Å². The summed E-state index contributed by atoms with van der Waals surface area (Å²) in [6.45, 7) is 0.855. The standard InChI is InChI=1S/C36H28F10O3/c1-2-3-4-5-19-6-9-23(10-7-19)36(45,46)49-24-15-27(38)31(28(39)16-24)34(44)32(42)22-17-47-35(48-18-22)20-8-11-25(26(37)12-20)21-13-29(40)33(43)30(41)14-21/h6-16,22,35H,2-5,17-18H2,1H3/b34-32+. The average Bonchev–Trinajstić information content (AvgIpc) is 3.06. The fourth-order valence-electron chi connectivity index (χ4n) is 5.23. The summed E-state index contributed by atoms with van der Waals surface area (Å²) in [4.78, 5) is 0. The summed E-state index contributed by atoms with van der Waals surface area (Å²) in [5.74, 6) is -15.3. The number of unbranched alkanes of at least 4 members (excludes halogenated alkanes) is 2. The molecule has 49 heavy (non-hydrogen) atoms. The predicted molar refractivity (Wildman–Crippen MR) is 160 cm³/mol. The van der Waals surface area contributed by atoms with Crippen LogP contribution in [0.25, 0.3) is 17.0 Å². The summed E-state index contributed by atoms with van der Waals surface area (Å²) in [5.41, 5.74) is -1.74. The molecule has 1 aliphatic rings. The third-order valence-corrected chi connectivity index (χ3v) is 7.87. The van der Waals surface area contributed by atoms with Gasteiger partial charge in [-0.2, -0.15) is 8.78 Å². The summed E-state index contributed by atoms with van der Waals surface area (Å²) in [6, 6.07) is 10.3. The second kappa shape index (κ2) is 15.0. The molecule has 260 valence electrons. The quantitative estimate of drug-likeness (QED) is 0.0887. The molecular formula is C36H28F10O3. The van der Waals surface area contributed by atoms with Gasteiger partial charge in [-0.3, -0.25) is 0 Å². The van der Waals surface area contributed by atoms with Gasteiger partial charge in [0.05, 0.1) is 30.3 Å². The summed E-state index contributed by atoms with van der Waals surface area (Å²) in [7, 11) is 0. The smallest absolute Gasteiger partial charge is 0.426 e. The molecule has 4 aromatic rings. The van der Waals surface area contributed by atoms with Crippen LogP contribution in [0.1, 0.15) is 54.7 Å². The number of aryl methyl sites for hydroxylation is 1. The zero-order valence-corrected chi connectivity index (χ0v) is 25.8. The van der Waals surface area contributed by atoms with E-state index in [1.54, 1.807) is 0 Å². The van der Waals surface area contributed by atoms with Crippen LogP contribution < -0.4 is 4.74 Å². The summed E-state index contributed by atoms with van der Waals surface area (Å²) < 4.78 is 160. The van der Waals surface area contributed by atoms with E-state index in [0.717, 1.165) is 49.1 Å². The fraction of sp³-hybridized carbons (Fsp3) is 0.278. The summed E-state index contributed by atoms with van der Waals surface area (Å²) in [5, 5.41) is 0. The lowest BCUT2D eigenvalue weighted by Gasteiger charge is -2.29. The molecule has 5 rings (SSSR count). The lowest BCUT2D eigenvalue weighted by atomic mass is 10.0. The maximum Gasteiger partial charge on any atom is 0.426 e. The van der Waals surface area contributed by atoms with E-state index in [-0.39, 0.29) is 16.7 Å². The van der Waals surface area contributed by atoms with Gasteiger partial charge in [0, 0.05) is 23.3 Å². The Kier molecular flexibility index (Phi) is 11.0. The van der Waals surface area contributed by atoms with E-state index in [9.17, 15) is 35.1 Å². The van der Waals surface area contributed by atoms with Crippen molar-refractivity contribution >= 4 is 5.83 Å². The molecule has 0 aromatic heterocycles. The largest absolute Gasteiger partial charge is 0.429 e. The maximum atomic E-state index is 15.1. The Bertz CT molecular complexity index is 1790. The van der Waals surface area contributed by atoms with Crippen molar-refractivity contribution in [1.82, 2.24) is 0 Å². The summed E-state index contributed by atoms with van der Waals surface area (Å²) >= 11 is 0. The Labute approximate surface area is 274 Å². The van der Waals surface area contributed by atoms with Crippen LogP contribution in [0.5, 0.6) is 5.75 Å². The van der Waals surface area contributed by atoms with E-state index in [4.69, 9.17) is 9.47 Å². The molecular weight excluding hydrogens is 670 g/mol. The van der Waals surface area contributed by atoms with E-state index >= 15 is 8.78 Å². The van der Waals surface area contributed by atoms with E-state index in [2.05, 4.69) is 4.74 Å². The van der Waals surface area contributed by atoms with Crippen molar-refractivity contribution in [3.63, 3.8) is 0 Å². The van der Waals surface area contributed by atoms with Crippen molar-refractivity contribution in [2.24, 2.45) is 5.92 Å². The summed E-state index contributed by atoms with van der Waals surface area (Å²) in [6.07, 6.45) is -1.77. The van der Waals surface area contributed by atoms with Crippen molar-refractivity contribution in [3.05, 3.63) is 130 Å². The molecule has 0 saturated carbocycles. The van der Waals surface area contributed by atoms with Gasteiger partial charge in [-0.25, -0.2) is 35.1 Å². The molecule has 4 aromatic carbocycles. The Balaban J connectivity index is 1.25. The molecule has 1 heterocycles. The highest BCUT2D eigenvalue weighted by atomic mass is 19.3. The van der Waals surface area contributed by atoms with E-state index in [0.29, 0.717) is 30.7 Å². The van der Waals surface area contributed by atoms with Crippen molar-refractivity contribution < 1.29 is 58.1 Å². The van der Waals surface area contributed by atoms with Gasteiger partial charge in [-0.15, -0.1) is 0 Å². The van der Waals surface area contributed by atoms with Gasteiger partial charge in [-0.1, -0.05) is 44.0 Å². The molecule has 0 amide bonds. The van der Waals surface area contributed by atoms with Gasteiger partial charge in [-0.05, 0) is 54.3 Å². The number of alkyl halides is 2. The molecule has 1 saturated heterocycles. The lowest BCUT2D eigenvalue weighted by molar-refractivity contribution is -0.201. The topological polar surface area (TPSA) is 27.7 Å². The molecule has 0 bridgehead atoms. The molecule has 13 heteroatoms. The van der Waals surface area contributed by atoms with Crippen LogP contribution in [0.3, 0.4) is 0 Å². The van der Waals surface area contributed by atoms with Crippen LogP contribution in [0.15, 0.2) is 72.6 Å². The Morgan fingerprint density at radius 1 is 0.755 bits per heavy atom. The number of benzene rings is 4. The number of ether oxygens (including phenoxy) is 3. The highest BCUT2D eigenvalue weighted by Crippen LogP contribution is 2.38. The Morgan fingerprint density at radius 3 is 1.94 bits per heavy atom. The third kappa shape index (κ3) is 8.10. The normalized spacial score (nSPS) is 17.2. The molecule has 0 N–H and O–H groups in total. The molecule has 0 aliphatic carbocycles. The van der Waals surface area contributed by atoms with Crippen LogP contribution in [0, 0.1) is 40.8 Å². The first-order chi connectivity index (χ1) is 23.3. The van der Waals surface area contributed by atoms with E-state index in [1.807, 2.05) is 6.92 Å². The maximum absolute atomic E-state index is 15.1. The van der Waals surface area contributed by atoms with Crippen LogP contribution in [-0.2, 0) is 22.0 Å². The third-order valence-electron chi connectivity index (χ3n) is 7.87. The van der Waals surface area contributed by atoms with Crippen molar-refractivity contribution in [2.45, 2.75) is 45.0 Å². The zero-order valence-electron chi connectivity index (χ0n) is 25.8. The van der Waals surface area contributed by atoms with Crippen molar-refractivity contribution in [1.29, 1.82) is 0 Å². The average molecular weight is 699 g/mol. The molecule has 1 aliphatic heterocycles. The minimum atomic E-state index is -4.00. The number of hydrogen-bond acceptors (Lipinski definition) is 3.